The van der Waals surface area contributed by atoms with E-state index in [1.807, 2.05) is 6.92 Å². The number of ether oxygens (including phenoxy) is 1. The lowest BCUT2D eigenvalue weighted by molar-refractivity contribution is -0.127. The third-order valence-electron chi connectivity index (χ3n) is 6.22. The molecule has 1 aliphatic carbocycles. The van der Waals surface area contributed by atoms with Crippen molar-refractivity contribution >= 4 is 35.1 Å². The highest BCUT2D eigenvalue weighted by atomic mass is 35.5. The summed E-state index contributed by atoms with van der Waals surface area (Å²) in [5.41, 5.74) is 0.387. The van der Waals surface area contributed by atoms with Crippen molar-refractivity contribution in [3.05, 3.63) is 46.2 Å². The van der Waals surface area contributed by atoms with E-state index in [0.29, 0.717) is 10.7 Å². The zero-order chi connectivity index (χ0) is 23.0. The van der Waals surface area contributed by atoms with E-state index < -0.39 is 17.4 Å². The lowest BCUT2D eigenvalue weighted by atomic mass is 9.92. The molecule has 4 rings (SSSR count). The molecular weight excluding hydrogens is 432 g/mol. The maximum Gasteiger partial charge on any atom is 0.358 e. The maximum atomic E-state index is 13.7. The van der Waals surface area contributed by atoms with Crippen LogP contribution in [0.1, 0.15) is 66.1 Å². The third kappa shape index (κ3) is 3.88. The quantitative estimate of drug-likeness (QED) is 0.692. The molecule has 0 saturated heterocycles. The Balaban J connectivity index is 1.79. The van der Waals surface area contributed by atoms with E-state index in [9.17, 15) is 14.4 Å². The molecule has 0 radical (unpaired) electrons. The average Bonchev–Trinajstić information content (AvgIpc) is 3.39. The molecule has 1 aromatic heterocycles. The predicted octanol–water partition coefficient (Wildman–Crippen LogP) is 3.50. The van der Waals surface area contributed by atoms with E-state index in [1.165, 1.54) is 15.6 Å². The standard InChI is InChI=1S/C23H27ClN4O4/c1-4-32-21(30)17-12-19-20(29)28(18-10-9-15(24)11-14(18)2)23(3,13-27(19)26-17)22(31)25-16-7-5-6-8-16/h9-12,16H,4-8,13H2,1-3H3,(H,25,31)/t23-/m0/s1. The van der Waals surface area contributed by atoms with Crippen LogP contribution in [0.3, 0.4) is 0 Å². The van der Waals surface area contributed by atoms with Crippen molar-refractivity contribution < 1.29 is 19.1 Å². The van der Waals surface area contributed by atoms with Crippen LogP contribution in [0.2, 0.25) is 5.02 Å². The second-order valence-corrected chi connectivity index (χ2v) is 9.03. The van der Waals surface area contributed by atoms with Crippen LogP contribution in [0.15, 0.2) is 24.3 Å². The molecule has 0 spiro atoms. The van der Waals surface area contributed by atoms with Crippen molar-refractivity contribution in [2.45, 2.75) is 64.6 Å². The number of esters is 1. The van der Waals surface area contributed by atoms with Gasteiger partial charge in [0.05, 0.1) is 13.2 Å². The minimum Gasteiger partial charge on any atom is -0.461 e. The number of nitrogens with one attached hydrogen (secondary N) is 1. The van der Waals surface area contributed by atoms with Gasteiger partial charge in [0.15, 0.2) is 5.69 Å². The number of fused-ring (bicyclic) bond motifs is 1. The fraction of sp³-hybridized carbons (Fsp3) is 0.478. The van der Waals surface area contributed by atoms with Crippen molar-refractivity contribution in [1.29, 1.82) is 0 Å². The Labute approximate surface area is 191 Å². The van der Waals surface area contributed by atoms with Gasteiger partial charge < -0.3 is 10.1 Å². The molecule has 0 unspecified atom stereocenters. The summed E-state index contributed by atoms with van der Waals surface area (Å²) in [4.78, 5) is 41.0. The molecule has 2 aliphatic rings. The van der Waals surface area contributed by atoms with Gasteiger partial charge in [-0.2, -0.15) is 5.10 Å². The number of aryl methyl sites for hydroxylation is 1. The number of halogens is 1. The topological polar surface area (TPSA) is 93.5 Å². The van der Waals surface area contributed by atoms with Gasteiger partial charge in [-0.3, -0.25) is 19.2 Å². The van der Waals surface area contributed by atoms with Crippen LogP contribution in [0.25, 0.3) is 0 Å². The van der Waals surface area contributed by atoms with Crippen LogP contribution < -0.4 is 10.2 Å². The Morgan fingerprint density at radius 1 is 1.28 bits per heavy atom. The summed E-state index contributed by atoms with van der Waals surface area (Å²) in [5.74, 6) is -1.26. The van der Waals surface area contributed by atoms with Crippen LogP contribution in [-0.2, 0) is 16.1 Å². The maximum absolute atomic E-state index is 13.7. The first-order chi connectivity index (χ1) is 15.2. The molecule has 8 nitrogen and oxygen atoms in total. The normalized spacial score (nSPS) is 20.9. The second-order valence-electron chi connectivity index (χ2n) is 8.59. The molecule has 1 aromatic carbocycles. The van der Waals surface area contributed by atoms with E-state index in [0.717, 1.165) is 31.2 Å². The predicted molar refractivity (Wildman–Crippen MR) is 120 cm³/mol. The van der Waals surface area contributed by atoms with Gasteiger partial charge in [-0.1, -0.05) is 24.4 Å². The molecule has 2 heterocycles. The number of carbonyl (C=O) groups is 3. The van der Waals surface area contributed by atoms with Crippen molar-refractivity contribution in [3.8, 4) is 0 Å². The lowest BCUT2D eigenvalue weighted by Crippen LogP contribution is -2.65. The SMILES string of the molecule is CCOC(=O)c1cc2n(n1)C[C@@](C)(C(=O)NC1CCCC1)N(c1ccc(Cl)cc1C)C2=O. The van der Waals surface area contributed by atoms with Gasteiger partial charge in [0.1, 0.15) is 11.2 Å². The number of rotatable bonds is 5. The van der Waals surface area contributed by atoms with Crippen LogP contribution >= 0.6 is 11.6 Å². The number of amides is 2. The van der Waals surface area contributed by atoms with Gasteiger partial charge in [-0.05, 0) is 57.4 Å². The largest absolute Gasteiger partial charge is 0.461 e. The van der Waals surface area contributed by atoms with Crippen molar-refractivity contribution in [2.24, 2.45) is 0 Å². The highest BCUT2D eigenvalue weighted by Crippen LogP contribution is 2.36. The van der Waals surface area contributed by atoms with Crippen LogP contribution in [0.4, 0.5) is 5.69 Å². The number of carbonyl (C=O) groups excluding carboxylic acids is 3. The summed E-state index contributed by atoms with van der Waals surface area (Å²) < 4.78 is 6.47. The summed E-state index contributed by atoms with van der Waals surface area (Å²) >= 11 is 6.14. The van der Waals surface area contributed by atoms with Crippen molar-refractivity contribution in [2.75, 3.05) is 11.5 Å². The monoisotopic (exact) mass is 458 g/mol. The molecule has 9 heteroatoms. The van der Waals surface area contributed by atoms with Crippen LogP contribution in [0.5, 0.6) is 0 Å². The first-order valence-corrected chi connectivity index (χ1v) is 11.3. The summed E-state index contributed by atoms with van der Waals surface area (Å²) in [7, 11) is 0. The van der Waals surface area contributed by atoms with Gasteiger partial charge in [0, 0.05) is 22.8 Å². The molecule has 1 fully saturated rings. The number of hydrogen-bond donors (Lipinski definition) is 1. The Morgan fingerprint density at radius 2 is 2.00 bits per heavy atom. The summed E-state index contributed by atoms with van der Waals surface area (Å²) in [5, 5.41) is 7.96. The minimum absolute atomic E-state index is 0.0448. The van der Waals surface area contributed by atoms with Crippen LogP contribution in [0, 0.1) is 6.92 Å². The molecule has 0 bridgehead atoms. The summed E-state index contributed by atoms with van der Waals surface area (Å²) in [6, 6.07) is 6.72. The lowest BCUT2D eigenvalue weighted by Gasteiger charge is -2.44. The van der Waals surface area contributed by atoms with E-state index in [4.69, 9.17) is 16.3 Å². The first-order valence-electron chi connectivity index (χ1n) is 10.9. The Kier molecular flexibility index (Phi) is 5.99. The summed E-state index contributed by atoms with van der Waals surface area (Å²) in [6.07, 6.45) is 4.01. The fourth-order valence-corrected chi connectivity index (χ4v) is 4.77. The van der Waals surface area contributed by atoms with E-state index in [-0.39, 0.29) is 36.5 Å². The van der Waals surface area contributed by atoms with Gasteiger partial charge in [0.2, 0.25) is 5.91 Å². The first kappa shape index (κ1) is 22.3. The number of benzene rings is 1. The number of aromatic nitrogens is 2. The van der Waals surface area contributed by atoms with Gasteiger partial charge in [-0.25, -0.2) is 4.79 Å². The zero-order valence-electron chi connectivity index (χ0n) is 18.5. The molecule has 170 valence electrons. The van der Waals surface area contributed by atoms with Crippen LogP contribution in [-0.4, -0.2) is 45.8 Å². The number of nitrogens with zero attached hydrogens (tertiary/aromatic N) is 3. The molecule has 32 heavy (non-hydrogen) atoms. The Bertz CT molecular complexity index is 1080. The van der Waals surface area contributed by atoms with E-state index in [2.05, 4.69) is 10.4 Å². The fourth-order valence-electron chi connectivity index (χ4n) is 4.54. The van der Waals surface area contributed by atoms with E-state index in [1.54, 1.807) is 32.0 Å². The second kappa shape index (κ2) is 8.58. The Morgan fingerprint density at radius 3 is 2.66 bits per heavy atom. The van der Waals surface area contributed by atoms with Gasteiger partial charge >= 0.3 is 5.97 Å². The molecule has 1 aliphatic heterocycles. The zero-order valence-corrected chi connectivity index (χ0v) is 19.2. The smallest absolute Gasteiger partial charge is 0.358 e. The van der Waals surface area contributed by atoms with Crippen molar-refractivity contribution in [1.82, 2.24) is 15.1 Å². The van der Waals surface area contributed by atoms with E-state index >= 15 is 0 Å². The third-order valence-corrected chi connectivity index (χ3v) is 6.45. The molecule has 1 N–H and O–H groups in total. The summed E-state index contributed by atoms with van der Waals surface area (Å²) in [6.45, 7) is 5.59. The Hall–Kier alpha value is -2.87. The molecular formula is C23H27ClN4O4. The van der Waals surface area contributed by atoms with Gasteiger partial charge in [0.25, 0.3) is 5.91 Å². The molecule has 1 saturated carbocycles. The number of hydrogen-bond acceptors (Lipinski definition) is 5. The molecule has 2 amide bonds. The molecule has 2 aromatic rings. The van der Waals surface area contributed by atoms with Crippen molar-refractivity contribution in [3.63, 3.8) is 0 Å². The number of anilines is 1. The molecule has 1 atom stereocenters. The minimum atomic E-state index is -1.25. The van der Waals surface area contributed by atoms with Gasteiger partial charge in [-0.15, -0.1) is 0 Å². The highest BCUT2D eigenvalue weighted by molar-refractivity contribution is 6.30. The average molecular weight is 459 g/mol. The highest BCUT2D eigenvalue weighted by Gasteiger charge is 2.50.